The molecule has 1 aromatic rings. The van der Waals surface area contributed by atoms with Crippen molar-refractivity contribution in [3.8, 4) is 0 Å². The largest absolute Gasteiger partial charge is 0.488 e. The van der Waals surface area contributed by atoms with Crippen LogP contribution in [0.5, 0.6) is 0 Å². The molecule has 4 aliphatic rings. The first kappa shape index (κ1) is 24.2. The zero-order valence-electron chi connectivity index (χ0n) is 20.3. The summed E-state index contributed by atoms with van der Waals surface area (Å²) < 4.78 is 30.9. The first-order chi connectivity index (χ1) is 16.2. The van der Waals surface area contributed by atoms with Crippen LogP contribution in [-0.4, -0.2) is 47.0 Å². The predicted octanol–water partition coefficient (Wildman–Crippen LogP) is 4.27. The highest BCUT2D eigenvalue weighted by molar-refractivity contribution is 6.58. The highest BCUT2D eigenvalue weighted by Crippen LogP contribution is 2.68. The molecule has 0 radical (unpaired) electrons. The lowest BCUT2D eigenvalue weighted by atomic mass is 9.53. The van der Waals surface area contributed by atoms with E-state index in [1.54, 1.807) is 6.07 Å². The molecule has 2 N–H and O–H groups in total. The quantitative estimate of drug-likeness (QED) is 0.629. The van der Waals surface area contributed by atoms with Gasteiger partial charge in [0.25, 0.3) is 5.92 Å². The average molecular weight is 473 g/mol. The van der Waals surface area contributed by atoms with Crippen LogP contribution in [-0.2, 0) is 11.2 Å². The number of rotatable bonds is 5. The van der Waals surface area contributed by atoms with E-state index in [0.717, 1.165) is 50.8 Å². The number of hydrogen-bond donors (Lipinski definition) is 2. The highest BCUT2D eigenvalue weighted by Gasteiger charge is 2.67. The fraction of sp³-hybridized carbons (Fsp3) is 0.741. The molecule has 5 atom stereocenters. The Kier molecular flexibility index (Phi) is 6.56. The summed E-state index contributed by atoms with van der Waals surface area (Å²) in [6.07, 6.45) is 8.16. The maximum Gasteiger partial charge on any atom is 0.488 e. The first-order valence-electron chi connectivity index (χ1n) is 13.4. The molecule has 0 bridgehead atoms. The van der Waals surface area contributed by atoms with Gasteiger partial charge in [-0.1, -0.05) is 25.1 Å². The van der Waals surface area contributed by atoms with E-state index in [2.05, 4.69) is 0 Å². The molecule has 186 valence electrons. The van der Waals surface area contributed by atoms with Gasteiger partial charge in [0.05, 0.1) is 0 Å². The number of fused-ring (bicyclic) bond motifs is 5. The van der Waals surface area contributed by atoms with Crippen LogP contribution in [0.25, 0.3) is 0 Å². The van der Waals surface area contributed by atoms with Gasteiger partial charge in [-0.05, 0) is 98.0 Å². The van der Waals surface area contributed by atoms with Gasteiger partial charge in [0.1, 0.15) is 0 Å². The lowest BCUT2D eigenvalue weighted by Gasteiger charge is -2.51. The summed E-state index contributed by atoms with van der Waals surface area (Å²) in [4.78, 5) is 14.6. The number of amides is 1. The number of hydrogen-bond acceptors (Lipinski definition) is 3. The van der Waals surface area contributed by atoms with Gasteiger partial charge in [-0.2, -0.15) is 0 Å². The molecular weight excluding hydrogens is 435 g/mol. The number of likely N-dealkylation sites (tertiary alicyclic amines) is 1. The van der Waals surface area contributed by atoms with E-state index in [4.69, 9.17) is 0 Å². The van der Waals surface area contributed by atoms with Gasteiger partial charge in [0, 0.05) is 31.3 Å². The SMILES string of the molecule is C[C@]12CCC3c4ccc(B(O)O)cc4CCC3C1[C@@H](CCCC(=O)N1CCCCC1)CC2(F)F. The smallest absolute Gasteiger partial charge is 0.423 e. The molecule has 7 heteroatoms. The number of nitrogens with zero attached hydrogens (tertiary/aromatic N) is 1. The number of alkyl halides is 2. The number of aryl methyl sites for hydroxylation is 1. The summed E-state index contributed by atoms with van der Waals surface area (Å²) in [5, 5.41) is 19.1. The summed E-state index contributed by atoms with van der Waals surface area (Å²) >= 11 is 0. The monoisotopic (exact) mass is 473 g/mol. The summed E-state index contributed by atoms with van der Waals surface area (Å²) in [5.41, 5.74) is 1.90. The number of benzene rings is 1. The van der Waals surface area contributed by atoms with Gasteiger partial charge in [-0.3, -0.25) is 4.79 Å². The molecule has 0 aromatic heterocycles. The van der Waals surface area contributed by atoms with Crippen molar-refractivity contribution in [2.45, 2.75) is 89.4 Å². The van der Waals surface area contributed by atoms with Crippen molar-refractivity contribution in [1.82, 2.24) is 4.90 Å². The Morgan fingerprint density at radius 3 is 2.68 bits per heavy atom. The van der Waals surface area contributed by atoms with E-state index in [1.807, 2.05) is 24.0 Å². The fourth-order valence-corrected chi connectivity index (χ4v) is 8.10. The molecule has 2 saturated carbocycles. The molecule has 0 spiro atoms. The number of carbonyl (C=O) groups excluding carboxylic acids is 1. The van der Waals surface area contributed by atoms with Crippen molar-refractivity contribution in [2.24, 2.45) is 23.2 Å². The topological polar surface area (TPSA) is 60.8 Å². The van der Waals surface area contributed by atoms with Gasteiger partial charge in [-0.15, -0.1) is 0 Å². The molecule has 3 unspecified atom stereocenters. The van der Waals surface area contributed by atoms with E-state index in [0.29, 0.717) is 31.1 Å². The van der Waals surface area contributed by atoms with E-state index >= 15 is 8.78 Å². The summed E-state index contributed by atoms with van der Waals surface area (Å²) in [6, 6.07) is 5.66. The zero-order valence-corrected chi connectivity index (χ0v) is 20.3. The van der Waals surface area contributed by atoms with Crippen LogP contribution in [0.15, 0.2) is 18.2 Å². The molecule has 1 saturated heterocycles. The molecule has 1 heterocycles. The second-order valence-electron chi connectivity index (χ2n) is 11.6. The normalized spacial score (nSPS) is 34.2. The van der Waals surface area contributed by atoms with Crippen LogP contribution in [0.1, 0.15) is 88.2 Å². The highest BCUT2D eigenvalue weighted by atomic mass is 19.3. The van der Waals surface area contributed by atoms with Gasteiger partial charge in [0.2, 0.25) is 5.91 Å². The van der Waals surface area contributed by atoms with Crippen LogP contribution >= 0.6 is 0 Å². The number of halogens is 2. The minimum absolute atomic E-state index is 0.0254. The van der Waals surface area contributed by atoms with Crippen molar-refractivity contribution in [3.05, 3.63) is 29.3 Å². The van der Waals surface area contributed by atoms with E-state index in [-0.39, 0.29) is 36.0 Å². The average Bonchev–Trinajstić information content (AvgIpc) is 3.03. The Morgan fingerprint density at radius 1 is 1.18 bits per heavy atom. The van der Waals surface area contributed by atoms with Crippen molar-refractivity contribution in [1.29, 1.82) is 0 Å². The first-order valence-corrected chi connectivity index (χ1v) is 13.4. The Balaban J connectivity index is 1.32. The van der Waals surface area contributed by atoms with Gasteiger partial charge >= 0.3 is 7.12 Å². The second kappa shape index (κ2) is 9.20. The standard InChI is InChI=1S/C27H38BF2NO3/c1-26-13-12-22-21-11-9-20(28(33)34)16-18(21)8-10-23(22)25(26)19(17-27(26,29)30)6-5-7-24(32)31-14-3-2-4-15-31/h9,11,16,19,22-23,25,33-34H,2-8,10,12-15,17H2,1H3/t19-,22?,23?,25?,26-/m0/s1. The Morgan fingerprint density at radius 2 is 1.94 bits per heavy atom. The van der Waals surface area contributed by atoms with Crippen LogP contribution in [0.2, 0.25) is 0 Å². The molecule has 1 aliphatic heterocycles. The third-order valence-corrected chi connectivity index (χ3v) is 9.84. The Labute approximate surface area is 202 Å². The van der Waals surface area contributed by atoms with Crippen LogP contribution in [0.3, 0.4) is 0 Å². The van der Waals surface area contributed by atoms with Crippen molar-refractivity contribution >= 4 is 18.5 Å². The minimum Gasteiger partial charge on any atom is -0.423 e. The van der Waals surface area contributed by atoms with Crippen molar-refractivity contribution in [2.75, 3.05) is 13.1 Å². The third kappa shape index (κ3) is 4.11. The third-order valence-electron chi connectivity index (χ3n) is 9.84. The fourth-order valence-electron chi connectivity index (χ4n) is 8.10. The van der Waals surface area contributed by atoms with Crippen LogP contribution in [0.4, 0.5) is 8.78 Å². The molecule has 1 amide bonds. The van der Waals surface area contributed by atoms with Crippen molar-refractivity contribution < 1.29 is 23.6 Å². The zero-order chi connectivity index (χ0) is 24.1. The Hall–Kier alpha value is -1.47. The van der Waals surface area contributed by atoms with Crippen LogP contribution in [0, 0.1) is 23.2 Å². The molecule has 5 rings (SSSR count). The molecule has 3 aliphatic carbocycles. The number of piperidine rings is 1. The van der Waals surface area contributed by atoms with Gasteiger partial charge in [0.15, 0.2) is 0 Å². The molecule has 1 aromatic carbocycles. The molecule has 4 nitrogen and oxygen atoms in total. The maximum atomic E-state index is 15.5. The lowest BCUT2D eigenvalue weighted by molar-refractivity contribution is -0.134. The van der Waals surface area contributed by atoms with Crippen molar-refractivity contribution in [3.63, 3.8) is 0 Å². The predicted molar refractivity (Wildman–Crippen MR) is 129 cm³/mol. The minimum atomic E-state index is -2.66. The Bertz CT molecular complexity index is 919. The van der Waals surface area contributed by atoms with Gasteiger partial charge < -0.3 is 14.9 Å². The molecule has 3 fully saturated rings. The number of carbonyl (C=O) groups is 1. The lowest BCUT2D eigenvalue weighted by Crippen LogP contribution is -2.47. The maximum absolute atomic E-state index is 15.5. The summed E-state index contributed by atoms with van der Waals surface area (Å²) in [5.74, 6) is -2.03. The van der Waals surface area contributed by atoms with Crippen LogP contribution < -0.4 is 5.46 Å². The van der Waals surface area contributed by atoms with Gasteiger partial charge in [-0.25, -0.2) is 8.78 Å². The summed E-state index contributed by atoms with van der Waals surface area (Å²) in [6.45, 7) is 3.52. The second-order valence-corrected chi connectivity index (χ2v) is 11.6. The van der Waals surface area contributed by atoms with E-state index in [1.165, 1.54) is 12.0 Å². The van der Waals surface area contributed by atoms with E-state index in [9.17, 15) is 14.8 Å². The van der Waals surface area contributed by atoms with E-state index < -0.39 is 18.5 Å². The molecule has 34 heavy (non-hydrogen) atoms. The molecular formula is C27H38BF2NO3. The summed E-state index contributed by atoms with van der Waals surface area (Å²) in [7, 11) is -1.48.